The van der Waals surface area contributed by atoms with Gasteiger partial charge < -0.3 is 24.2 Å². The molecule has 0 aromatic heterocycles. The van der Waals surface area contributed by atoms with Crippen molar-refractivity contribution >= 4 is 17.5 Å². The molecule has 0 radical (unpaired) electrons. The number of Topliss-reactive ketones (excluding diaryl/α,β-unsaturated/α-hetero) is 1. The quantitative estimate of drug-likeness (QED) is 0.380. The van der Waals surface area contributed by atoms with Gasteiger partial charge in [0, 0.05) is 58.0 Å². The van der Waals surface area contributed by atoms with Gasteiger partial charge >= 0.3 is 0 Å². The van der Waals surface area contributed by atoms with Gasteiger partial charge in [-0.2, -0.15) is 0 Å². The predicted molar refractivity (Wildman–Crippen MR) is 159 cm³/mol. The fourth-order valence-corrected chi connectivity index (χ4v) is 5.88. The summed E-state index contributed by atoms with van der Waals surface area (Å²) in [6.45, 7) is 13.1. The summed E-state index contributed by atoms with van der Waals surface area (Å²) >= 11 is 0. The van der Waals surface area contributed by atoms with Gasteiger partial charge in [-0.05, 0) is 73.9 Å². The number of aryl methyl sites for hydroxylation is 1. The molecule has 0 unspecified atom stereocenters. The first-order valence-electron chi connectivity index (χ1n) is 14.4. The number of allylic oxidation sites excluding steroid dienone is 1. The third-order valence-corrected chi connectivity index (χ3v) is 8.23. The summed E-state index contributed by atoms with van der Waals surface area (Å²) in [5.41, 5.74) is 5.19. The molecule has 41 heavy (non-hydrogen) atoms. The number of phenols is 1. The third kappa shape index (κ3) is 5.49. The minimum atomic E-state index is -0.139. The number of phenolic OH excluding ortho intramolecular Hbond substituents is 1. The molecule has 0 spiro atoms. The molecule has 3 aromatic carbocycles. The molecule has 8 heteroatoms. The van der Waals surface area contributed by atoms with E-state index in [1.54, 1.807) is 12.1 Å². The number of nitrogens with zero attached hydrogens (tertiary/aromatic N) is 3. The van der Waals surface area contributed by atoms with Gasteiger partial charge in [-0.15, -0.1) is 0 Å². The van der Waals surface area contributed by atoms with Crippen LogP contribution in [0.1, 0.15) is 46.5 Å². The Balaban J connectivity index is 1.14. The molecule has 6 rings (SSSR count). The van der Waals surface area contributed by atoms with Crippen LogP contribution >= 0.6 is 0 Å². The van der Waals surface area contributed by atoms with Crippen LogP contribution in [0.2, 0.25) is 0 Å². The van der Waals surface area contributed by atoms with Gasteiger partial charge in [-0.3, -0.25) is 14.6 Å². The van der Waals surface area contributed by atoms with E-state index < -0.39 is 0 Å². The van der Waals surface area contributed by atoms with E-state index in [4.69, 9.17) is 14.2 Å². The number of fused-ring (bicyclic) bond motifs is 2. The molecule has 1 saturated heterocycles. The molecule has 0 bridgehead atoms. The van der Waals surface area contributed by atoms with Crippen LogP contribution in [-0.2, 0) is 13.1 Å². The summed E-state index contributed by atoms with van der Waals surface area (Å²) in [6.07, 6.45) is 1.80. The van der Waals surface area contributed by atoms with Crippen LogP contribution in [0.25, 0.3) is 6.08 Å². The molecule has 3 heterocycles. The minimum Gasteiger partial charge on any atom is -0.507 e. The number of aromatic hydroxyl groups is 1. The van der Waals surface area contributed by atoms with Crippen molar-refractivity contribution in [2.24, 2.45) is 0 Å². The van der Waals surface area contributed by atoms with E-state index in [0.29, 0.717) is 29.2 Å². The summed E-state index contributed by atoms with van der Waals surface area (Å²) in [7, 11) is 0. The second kappa shape index (κ2) is 11.5. The van der Waals surface area contributed by atoms with Crippen molar-refractivity contribution in [3.63, 3.8) is 0 Å². The fraction of sp³-hybridized carbons (Fsp3) is 0.364. The number of piperazine rings is 1. The lowest BCUT2D eigenvalue weighted by Gasteiger charge is -2.35. The number of ether oxygens (including phenoxy) is 3. The molecule has 8 nitrogen and oxygen atoms in total. The van der Waals surface area contributed by atoms with Crippen LogP contribution in [-0.4, -0.2) is 66.8 Å². The molecule has 0 atom stereocenters. The highest BCUT2D eigenvalue weighted by Gasteiger charge is 2.34. The number of benzene rings is 3. The van der Waals surface area contributed by atoms with Crippen molar-refractivity contribution in [3.8, 4) is 23.0 Å². The Morgan fingerprint density at radius 1 is 0.902 bits per heavy atom. The van der Waals surface area contributed by atoms with Gasteiger partial charge in [0.2, 0.25) is 12.6 Å². The highest BCUT2D eigenvalue weighted by Crippen LogP contribution is 2.42. The Labute approximate surface area is 241 Å². The zero-order valence-electron chi connectivity index (χ0n) is 24.0. The minimum absolute atomic E-state index is 0.139. The first kappa shape index (κ1) is 27.2. The third-order valence-electron chi connectivity index (χ3n) is 8.23. The maximum atomic E-state index is 13.4. The Morgan fingerprint density at radius 3 is 2.29 bits per heavy atom. The summed E-state index contributed by atoms with van der Waals surface area (Å²) in [6, 6.07) is 16.0. The lowest BCUT2D eigenvalue weighted by Crippen LogP contribution is -2.45. The largest absolute Gasteiger partial charge is 0.507 e. The molecular formula is C33H37N3O5. The lowest BCUT2D eigenvalue weighted by molar-refractivity contribution is 0.101. The highest BCUT2D eigenvalue weighted by molar-refractivity contribution is 6.15. The SMILES string of the molecule is CCN(CC)c1ccc(/C=C2\Oc3c(CN4CCN(Cc5ccc6c(c5)OCO6)CC4)c(O)cc(C)c3C2=O)cc1. The molecule has 3 aromatic rings. The number of rotatable bonds is 8. The van der Waals surface area contributed by atoms with Crippen molar-refractivity contribution in [2.75, 3.05) is 51.0 Å². The molecular weight excluding hydrogens is 518 g/mol. The van der Waals surface area contributed by atoms with E-state index in [0.717, 1.165) is 74.1 Å². The number of carbonyl (C=O) groups excluding carboxylic acids is 1. The number of hydrogen-bond acceptors (Lipinski definition) is 8. The normalized spacial score (nSPS) is 17.6. The Bertz CT molecular complexity index is 1470. The zero-order chi connectivity index (χ0) is 28.5. The Morgan fingerprint density at radius 2 is 1.59 bits per heavy atom. The maximum Gasteiger partial charge on any atom is 0.232 e. The first-order chi connectivity index (χ1) is 19.9. The zero-order valence-corrected chi connectivity index (χ0v) is 24.0. The number of anilines is 1. The molecule has 0 aliphatic carbocycles. The van der Waals surface area contributed by atoms with Crippen molar-refractivity contribution in [1.82, 2.24) is 9.80 Å². The van der Waals surface area contributed by atoms with Crippen molar-refractivity contribution in [2.45, 2.75) is 33.9 Å². The van der Waals surface area contributed by atoms with E-state index in [1.165, 1.54) is 5.56 Å². The Kier molecular flexibility index (Phi) is 7.60. The number of carbonyl (C=O) groups is 1. The predicted octanol–water partition coefficient (Wildman–Crippen LogP) is 5.21. The van der Waals surface area contributed by atoms with Gasteiger partial charge in [0.1, 0.15) is 11.5 Å². The summed E-state index contributed by atoms with van der Waals surface area (Å²) in [5, 5.41) is 10.9. The molecule has 3 aliphatic heterocycles. The first-order valence-corrected chi connectivity index (χ1v) is 14.4. The molecule has 0 amide bonds. The standard InChI is InChI=1S/C33H37N3O5/c1-4-36(5-2)25-9-6-23(7-10-25)17-30-32(38)31-22(3)16-27(37)26(33(31)41-30)20-35-14-12-34(13-15-35)19-24-8-11-28-29(18-24)40-21-39-28/h6-11,16-18,37H,4-5,12-15,19-21H2,1-3H3/b30-17-. The van der Waals surface area contributed by atoms with Crippen LogP contribution in [0.5, 0.6) is 23.0 Å². The maximum absolute atomic E-state index is 13.4. The van der Waals surface area contributed by atoms with E-state index in [9.17, 15) is 9.90 Å². The van der Waals surface area contributed by atoms with Gasteiger partial charge in [-0.1, -0.05) is 18.2 Å². The highest BCUT2D eigenvalue weighted by atomic mass is 16.7. The van der Waals surface area contributed by atoms with Crippen LogP contribution in [0.3, 0.4) is 0 Å². The van der Waals surface area contributed by atoms with Gasteiger partial charge in [-0.25, -0.2) is 0 Å². The second-order valence-corrected chi connectivity index (χ2v) is 10.8. The van der Waals surface area contributed by atoms with Gasteiger partial charge in [0.25, 0.3) is 0 Å². The van der Waals surface area contributed by atoms with E-state index >= 15 is 0 Å². The Hall–Kier alpha value is -4.01. The summed E-state index contributed by atoms with van der Waals surface area (Å²) in [5.74, 6) is 2.42. The average Bonchev–Trinajstić information content (AvgIpc) is 3.57. The second-order valence-electron chi connectivity index (χ2n) is 10.8. The molecule has 1 N–H and O–H groups in total. The van der Waals surface area contributed by atoms with E-state index in [-0.39, 0.29) is 18.3 Å². The number of ketones is 1. The van der Waals surface area contributed by atoms with Crippen molar-refractivity contribution in [3.05, 3.63) is 82.1 Å². The van der Waals surface area contributed by atoms with Gasteiger partial charge in [0.15, 0.2) is 17.3 Å². The van der Waals surface area contributed by atoms with Crippen LogP contribution in [0, 0.1) is 6.92 Å². The van der Waals surface area contributed by atoms with Crippen molar-refractivity contribution in [1.29, 1.82) is 0 Å². The number of hydrogen-bond donors (Lipinski definition) is 1. The fourth-order valence-electron chi connectivity index (χ4n) is 5.88. The average molecular weight is 556 g/mol. The molecule has 3 aliphatic rings. The van der Waals surface area contributed by atoms with Crippen molar-refractivity contribution < 1.29 is 24.1 Å². The van der Waals surface area contributed by atoms with E-state index in [2.05, 4.69) is 52.8 Å². The topological polar surface area (TPSA) is 74.7 Å². The smallest absolute Gasteiger partial charge is 0.232 e. The van der Waals surface area contributed by atoms with E-state index in [1.807, 2.05) is 25.1 Å². The van der Waals surface area contributed by atoms with Crippen LogP contribution in [0.15, 0.2) is 54.3 Å². The summed E-state index contributed by atoms with van der Waals surface area (Å²) < 4.78 is 17.1. The van der Waals surface area contributed by atoms with Gasteiger partial charge in [0.05, 0.1) is 11.1 Å². The molecule has 1 fully saturated rings. The summed E-state index contributed by atoms with van der Waals surface area (Å²) in [4.78, 5) is 20.4. The lowest BCUT2D eigenvalue weighted by atomic mass is 9.99. The molecule has 0 saturated carbocycles. The monoisotopic (exact) mass is 555 g/mol. The molecule has 214 valence electrons. The van der Waals surface area contributed by atoms with Crippen LogP contribution in [0.4, 0.5) is 5.69 Å². The van der Waals surface area contributed by atoms with Crippen LogP contribution < -0.4 is 19.1 Å².